The quantitative estimate of drug-likeness (QED) is 0.737. The minimum absolute atomic E-state index is 0.109. The van der Waals surface area contributed by atoms with E-state index in [2.05, 4.69) is 5.32 Å². The second-order valence-electron chi connectivity index (χ2n) is 5.77. The van der Waals surface area contributed by atoms with Gasteiger partial charge in [-0.05, 0) is 18.8 Å². The number of amides is 2. The van der Waals surface area contributed by atoms with E-state index in [0.717, 1.165) is 19.4 Å². The van der Waals surface area contributed by atoms with Crippen molar-refractivity contribution < 1.29 is 9.59 Å². The Hall–Kier alpha value is -1.10. The van der Waals surface area contributed by atoms with Crippen molar-refractivity contribution >= 4 is 11.8 Å². The molecule has 1 atom stereocenters. The third kappa shape index (κ3) is 3.93. The molecule has 1 saturated heterocycles. The van der Waals surface area contributed by atoms with E-state index in [-0.39, 0.29) is 5.91 Å². The molecule has 2 aliphatic rings. The van der Waals surface area contributed by atoms with E-state index < -0.39 is 11.9 Å². The Morgan fingerprint density at radius 1 is 1.16 bits per heavy atom. The van der Waals surface area contributed by atoms with Gasteiger partial charge in [-0.2, -0.15) is 0 Å². The highest BCUT2D eigenvalue weighted by Crippen LogP contribution is 2.26. The SMILES string of the molecule is NC(=O)C1CNCCN1C(=O)CC1CCCCCC1. The number of nitrogens with two attached hydrogens (primary N) is 1. The fraction of sp³-hybridized carbons (Fsp3) is 0.857. The molecule has 0 aromatic rings. The van der Waals surface area contributed by atoms with Crippen molar-refractivity contribution in [1.29, 1.82) is 0 Å². The Balaban J connectivity index is 1.91. The van der Waals surface area contributed by atoms with Crippen molar-refractivity contribution in [3.63, 3.8) is 0 Å². The van der Waals surface area contributed by atoms with Crippen LogP contribution < -0.4 is 11.1 Å². The lowest BCUT2D eigenvalue weighted by Crippen LogP contribution is -2.58. The summed E-state index contributed by atoms with van der Waals surface area (Å²) in [6, 6.07) is -0.466. The fourth-order valence-corrected chi connectivity index (χ4v) is 3.19. The van der Waals surface area contributed by atoms with Gasteiger partial charge < -0.3 is 16.0 Å². The van der Waals surface area contributed by atoms with E-state index in [1.807, 2.05) is 0 Å². The van der Waals surface area contributed by atoms with Crippen LogP contribution in [0.4, 0.5) is 0 Å². The number of rotatable bonds is 3. The Bertz CT molecular complexity index is 325. The molecule has 3 N–H and O–H groups in total. The molecule has 19 heavy (non-hydrogen) atoms. The van der Waals surface area contributed by atoms with Crippen molar-refractivity contribution in [2.75, 3.05) is 19.6 Å². The summed E-state index contributed by atoms with van der Waals surface area (Å²) in [5, 5.41) is 3.12. The number of nitrogens with zero attached hydrogens (tertiary/aromatic N) is 1. The number of piperazine rings is 1. The Kier molecular flexibility index (Phi) is 5.19. The van der Waals surface area contributed by atoms with E-state index in [1.165, 1.54) is 25.7 Å². The first-order valence-corrected chi connectivity index (χ1v) is 7.48. The molecule has 0 aromatic heterocycles. The maximum atomic E-state index is 12.4. The van der Waals surface area contributed by atoms with Crippen LogP contribution in [0.1, 0.15) is 44.9 Å². The first kappa shape index (κ1) is 14.3. The summed E-state index contributed by atoms with van der Waals surface area (Å²) < 4.78 is 0. The van der Waals surface area contributed by atoms with Gasteiger partial charge in [-0.25, -0.2) is 0 Å². The number of nitrogens with one attached hydrogen (secondary N) is 1. The number of hydrogen-bond acceptors (Lipinski definition) is 3. The van der Waals surface area contributed by atoms with Crippen molar-refractivity contribution in [3.8, 4) is 0 Å². The number of carbonyl (C=O) groups excluding carboxylic acids is 2. The van der Waals surface area contributed by atoms with Gasteiger partial charge in [-0.3, -0.25) is 9.59 Å². The average Bonchev–Trinajstić information content (AvgIpc) is 2.67. The second-order valence-corrected chi connectivity index (χ2v) is 5.77. The van der Waals surface area contributed by atoms with E-state index in [1.54, 1.807) is 4.90 Å². The lowest BCUT2D eigenvalue weighted by molar-refractivity contribution is -0.141. The smallest absolute Gasteiger partial charge is 0.241 e. The molecule has 0 aromatic carbocycles. The minimum atomic E-state index is -0.466. The van der Waals surface area contributed by atoms with E-state index in [0.29, 0.717) is 25.4 Å². The summed E-state index contributed by atoms with van der Waals surface area (Å²) in [6.45, 7) is 1.84. The molecule has 108 valence electrons. The van der Waals surface area contributed by atoms with Crippen LogP contribution in [0.3, 0.4) is 0 Å². The molecule has 1 unspecified atom stereocenters. The Morgan fingerprint density at radius 2 is 1.84 bits per heavy atom. The standard InChI is InChI=1S/C14H25N3O2/c15-14(19)12-10-16-7-8-17(12)13(18)9-11-5-3-1-2-4-6-11/h11-12,16H,1-10H2,(H2,15,19). The molecule has 1 aliphatic heterocycles. The Labute approximate surface area is 114 Å². The normalized spacial score (nSPS) is 25.9. The Morgan fingerprint density at radius 3 is 2.47 bits per heavy atom. The predicted octanol–water partition coefficient (Wildman–Crippen LogP) is 0.633. The number of primary amides is 1. The first-order valence-electron chi connectivity index (χ1n) is 7.48. The van der Waals surface area contributed by atoms with E-state index in [9.17, 15) is 9.59 Å². The second kappa shape index (κ2) is 6.89. The van der Waals surface area contributed by atoms with Gasteiger partial charge in [0.15, 0.2) is 0 Å². The molecule has 0 radical (unpaired) electrons. The summed E-state index contributed by atoms with van der Waals surface area (Å²) in [5.41, 5.74) is 5.38. The average molecular weight is 267 g/mol. The zero-order valence-corrected chi connectivity index (χ0v) is 11.6. The van der Waals surface area contributed by atoms with Crippen LogP contribution in [-0.2, 0) is 9.59 Å². The van der Waals surface area contributed by atoms with Crippen LogP contribution in [0, 0.1) is 5.92 Å². The van der Waals surface area contributed by atoms with Crippen LogP contribution in [0.2, 0.25) is 0 Å². The minimum Gasteiger partial charge on any atom is -0.368 e. The highest BCUT2D eigenvalue weighted by Gasteiger charge is 2.31. The molecular formula is C14H25N3O2. The summed E-state index contributed by atoms with van der Waals surface area (Å²) in [4.78, 5) is 25.5. The van der Waals surface area contributed by atoms with Crippen molar-refractivity contribution in [3.05, 3.63) is 0 Å². The summed E-state index contributed by atoms with van der Waals surface area (Å²) >= 11 is 0. The maximum Gasteiger partial charge on any atom is 0.241 e. The molecule has 5 heteroatoms. The van der Waals surface area contributed by atoms with Gasteiger partial charge in [-0.1, -0.05) is 25.7 Å². The zero-order valence-electron chi connectivity index (χ0n) is 11.6. The summed E-state index contributed by atoms with van der Waals surface area (Å²) in [5.74, 6) is 0.206. The molecule has 2 rings (SSSR count). The number of carbonyl (C=O) groups is 2. The lowest BCUT2D eigenvalue weighted by Gasteiger charge is -2.35. The van der Waals surface area contributed by atoms with Crippen LogP contribution in [-0.4, -0.2) is 42.4 Å². The molecule has 1 saturated carbocycles. The molecule has 1 aliphatic carbocycles. The van der Waals surface area contributed by atoms with Gasteiger partial charge in [0.1, 0.15) is 6.04 Å². The fourth-order valence-electron chi connectivity index (χ4n) is 3.19. The van der Waals surface area contributed by atoms with Crippen molar-refractivity contribution in [2.24, 2.45) is 11.7 Å². The summed E-state index contributed by atoms with van der Waals surface area (Å²) in [7, 11) is 0. The largest absolute Gasteiger partial charge is 0.368 e. The van der Waals surface area contributed by atoms with Crippen molar-refractivity contribution in [1.82, 2.24) is 10.2 Å². The van der Waals surface area contributed by atoms with E-state index >= 15 is 0 Å². The molecular weight excluding hydrogens is 242 g/mol. The molecule has 2 fully saturated rings. The molecule has 0 spiro atoms. The van der Waals surface area contributed by atoms with Crippen LogP contribution in [0.15, 0.2) is 0 Å². The third-order valence-electron chi connectivity index (χ3n) is 4.33. The third-order valence-corrected chi connectivity index (χ3v) is 4.33. The topological polar surface area (TPSA) is 75.4 Å². The van der Waals surface area contributed by atoms with Gasteiger partial charge in [0, 0.05) is 26.1 Å². The monoisotopic (exact) mass is 267 g/mol. The van der Waals surface area contributed by atoms with Crippen molar-refractivity contribution in [2.45, 2.75) is 51.0 Å². The summed E-state index contributed by atoms with van der Waals surface area (Å²) in [6.07, 6.45) is 7.95. The van der Waals surface area contributed by atoms with Crippen LogP contribution >= 0.6 is 0 Å². The van der Waals surface area contributed by atoms with E-state index in [4.69, 9.17) is 5.73 Å². The predicted molar refractivity (Wildman–Crippen MR) is 73.4 cm³/mol. The van der Waals surface area contributed by atoms with Gasteiger partial charge in [-0.15, -0.1) is 0 Å². The van der Waals surface area contributed by atoms with Gasteiger partial charge in [0.05, 0.1) is 0 Å². The van der Waals surface area contributed by atoms with Gasteiger partial charge >= 0.3 is 0 Å². The molecule has 0 bridgehead atoms. The van der Waals surface area contributed by atoms with Gasteiger partial charge in [0.25, 0.3) is 0 Å². The maximum absolute atomic E-state index is 12.4. The molecule has 5 nitrogen and oxygen atoms in total. The highest BCUT2D eigenvalue weighted by atomic mass is 16.2. The zero-order chi connectivity index (χ0) is 13.7. The molecule has 2 amide bonds. The van der Waals surface area contributed by atoms with Crippen LogP contribution in [0.25, 0.3) is 0 Å². The highest BCUT2D eigenvalue weighted by molar-refractivity contribution is 5.87. The van der Waals surface area contributed by atoms with Crippen LogP contribution in [0.5, 0.6) is 0 Å². The molecule has 1 heterocycles. The first-order chi connectivity index (χ1) is 9.18. The van der Waals surface area contributed by atoms with Gasteiger partial charge in [0.2, 0.25) is 11.8 Å². The number of hydrogen-bond donors (Lipinski definition) is 2. The lowest BCUT2D eigenvalue weighted by atomic mass is 9.95.